The SMILES string of the molecule is CCOC(=O)c1sc(NC(=O)CCc2ccccc2)c(SC#N)c1C.CCOC(=O)c1sc(NC(=O)Cc2ccccc2)c(SC#N)c1C.CCOC(=O)c1sc(NC(=O)c2ccc(C(C)=O)cc2)c(SC#N)c1C.CCOC(=O)c1sc(NC(=O)c2ccc(C)o2)c(SC#N)c1C.CCOC(=O)c1sc(NC(=O)c2ccc(C)o2)cc1C.CCOC(=O)c1sc(NC(=O)c2ccc(N(C)C)cc2)c(SC#N)c1C. The largest absolute Gasteiger partial charge is 0.462 e. The van der Waals surface area contributed by atoms with Gasteiger partial charge in [-0.05, 0) is 280 Å². The van der Waals surface area contributed by atoms with Crippen LogP contribution in [-0.4, -0.2) is 131 Å². The van der Waals surface area contributed by atoms with Crippen LogP contribution >= 0.6 is 127 Å². The summed E-state index contributed by atoms with van der Waals surface area (Å²) in [6.45, 7) is 27.4. The van der Waals surface area contributed by atoms with Crippen molar-refractivity contribution in [2.75, 3.05) is 90.5 Å². The number of rotatable bonds is 34. The standard InChI is InChI=1S/C18H19N3O3S2.C18H16N2O4S2.C18H18N2O3S2.C17H16N2O3S2.C15H14N2O4S2.C14H15NO4S/c1-5-24-18(23)15-11(2)14(25-10-19)17(26-15)20-16(22)12-6-8-13(9-7-12)21(3)4;1-4-24-18(23)15-10(2)14(25-9-19)17(26-15)20-16(22)13-7-5-12(6-8-13)11(3)21;1-3-23-18(22)16-12(2)15(24-11-19)17(25-16)20-14(21)10-9-13-7-5-4-6-8-13;1-3-22-17(21)15-11(2)14(23-10-18)16(24-15)19-13(20)9-12-7-5-4-6-8-12;1-4-20-15(19)12-9(3)11(22-7-16)14(23-12)17-13(18)10-6-5-8(2)21-10;1-4-18-14(17)12-8(2)7-11(20-12)15-13(16)10-6-5-9(3)19-10/h6-9H,5H2,1-4H3,(H,20,22);5-8H,4H2,1-3H3,(H,20,22);4-8H,3,9-10H2,1-2H3,(H,20,21);4-8H,3,9H2,1-2H3,(H,19,20);5-6H,4H2,1-3H3,(H,17,18);5-7H,4H2,1-3H3,(H,15,16). The fraction of sp³-hybridized carbons (Fsp3) is 0.260. The number of nitrogens with one attached hydrogen (secondary N) is 6. The smallest absolute Gasteiger partial charge is 0.348 e. The lowest BCUT2D eigenvalue weighted by Crippen LogP contribution is -2.13. The molecule has 33 nitrogen and oxygen atoms in total. The van der Waals surface area contributed by atoms with Crippen LogP contribution in [0.15, 0.2) is 173 Å². The third-order valence-electron chi connectivity index (χ3n) is 19.1. The van der Waals surface area contributed by atoms with Crippen LogP contribution in [0.25, 0.3) is 0 Å². The van der Waals surface area contributed by atoms with Crippen molar-refractivity contribution in [2.45, 2.75) is 148 Å². The van der Waals surface area contributed by atoms with Gasteiger partial charge in [0.05, 0.1) is 75.5 Å². The zero-order valence-corrected chi connectivity index (χ0v) is 89.9. The van der Waals surface area contributed by atoms with Gasteiger partial charge in [0.15, 0.2) is 17.3 Å². The summed E-state index contributed by atoms with van der Waals surface area (Å²) < 4.78 is 40.6. The molecule has 0 saturated carbocycles. The monoisotopic (exact) mass is 2150 g/mol. The first-order chi connectivity index (χ1) is 68.9. The Morgan fingerprint density at radius 1 is 0.340 bits per heavy atom. The highest BCUT2D eigenvalue weighted by molar-refractivity contribution is 8.05. The van der Waals surface area contributed by atoms with Crippen molar-refractivity contribution < 1.29 is 99.6 Å². The van der Waals surface area contributed by atoms with Crippen LogP contribution in [0.2, 0.25) is 0 Å². The summed E-state index contributed by atoms with van der Waals surface area (Å²) in [5.41, 5.74) is 8.28. The average Bonchev–Trinajstić information content (AvgIpc) is 1.67. The van der Waals surface area contributed by atoms with Crippen LogP contribution in [0.1, 0.15) is 221 Å². The highest BCUT2D eigenvalue weighted by atomic mass is 32.2. The Bertz CT molecular complexity index is 6830. The molecule has 6 amide bonds. The molecule has 750 valence electrons. The third-order valence-corrected chi connectivity index (χ3v) is 30.9. The first kappa shape index (κ1) is 117. The first-order valence-corrected chi connectivity index (χ1v) is 52.4. The van der Waals surface area contributed by atoms with E-state index in [1.165, 1.54) is 18.3 Å². The van der Waals surface area contributed by atoms with Gasteiger partial charge < -0.3 is 74.1 Å². The number of amides is 6. The Labute approximate surface area is 876 Å². The maximum absolute atomic E-state index is 12.5. The summed E-state index contributed by atoms with van der Waals surface area (Å²) >= 11 is 11.3. The van der Waals surface area contributed by atoms with Crippen LogP contribution in [0.4, 0.5) is 35.7 Å². The van der Waals surface area contributed by atoms with Gasteiger partial charge in [-0.25, -0.2) is 28.8 Å². The normalized spacial score (nSPS) is 10.1. The highest BCUT2D eigenvalue weighted by Crippen LogP contribution is 2.46. The molecule has 0 atom stereocenters. The minimum atomic E-state index is -0.485. The fourth-order valence-corrected chi connectivity index (χ4v) is 22.2. The summed E-state index contributed by atoms with van der Waals surface area (Å²) in [6.07, 6.45) is 1.18. The Kier molecular flexibility index (Phi) is 48.0. The van der Waals surface area contributed by atoms with E-state index in [2.05, 4.69) is 31.9 Å². The molecule has 12 rings (SSSR count). The summed E-state index contributed by atoms with van der Waals surface area (Å²) in [6, 6.07) is 40.8. The van der Waals surface area contributed by atoms with Crippen LogP contribution in [-0.2, 0) is 50.9 Å². The van der Waals surface area contributed by atoms with Gasteiger partial charge in [0.2, 0.25) is 11.8 Å². The molecular weight excluding hydrogens is 2060 g/mol. The molecular formula is C100H98N12O21S11. The number of thiocyanates is 5. The Hall–Kier alpha value is -14.1. The first-order valence-electron chi connectivity index (χ1n) is 43.4. The fourth-order valence-electron chi connectivity index (χ4n) is 12.3. The van der Waals surface area contributed by atoms with E-state index in [1.807, 2.05) is 119 Å². The molecule has 0 aliphatic rings. The Morgan fingerprint density at radius 2 is 0.632 bits per heavy atom. The maximum Gasteiger partial charge on any atom is 0.348 e. The number of esters is 6. The number of hydrogen-bond acceptors (Lipinski definition) is 38. The molecule has 0 unspecified atom stereocenters. The maximum atomic E-state index is 12.5. The quantitative estimate of drug-likeness (QED) is 0.00717. The van der Waals surface area contributed by atoms with E-state index < -0.39 is 41.7 Å². The highest BCUT2D eigenvalue weighted by Gasteiger charge is 2.30. The van der Waals surface area contributed by atoms with E-state index in [1.54, 1.807) is 164 Å². The summed E-state index contributed by atoms with van der Waals surface area (Å²) in [5.74, 6) is -2.85. The summed E-state index contributed by atoms with van der Waals surface area (Å²) in [4.78, 5) is 164. The van der Waals surface area contributed by atoms with E-state index in [4.69, 9.17) is 63.6 Å². The van der Waals surface area contributed by atoms with Crippen molar-refractivity contribution in [3.63, 3.8) is 0 Å². The van der Waals surface area contributed by atoms with Crippen LogP contribution < -0.4 is 36.8 Å². The van der Waals surface area contributed by atoms with E-state index in [0.29, 0.717) is 159 Å². The number of hydrogen-bond donors (Lipinski definition) is 6. The topological polar surface area (TPSA) is 498 Å². The van der Waals surface area contributed by atoms with Crippen LogP contribution in [0, 0.1) is 109 Å². The number of nitrogens with zero attached hydrogens (tertiary/aromatic N) is 6. The van der Waals surface area contributed by atoms with Gasteiger partial charge >= 0.3 is 35.8 Å². The number of carbonyl (C=O) groups excluding carboxylic acids is 13. The molecule has 8 heterocycles. The third kappa shape index (κ3) is 34.1. The lowest BCUT2D eigenvalue weighted by Gasteiger charge is -2.12. The number of thiophene rings is 6. The van der Waals surface area contributed by atoms with Crippen molar-refractivity contribution in [2.24, 2.45) is 0 Å². The number of thioether (sulfide) groups is 5. The predicted octanol–water partition coefficient (Wildman–Crippen LogP) is 24.1. The zero-order chi connectivity index (χ0) is 106. The number of Topliss-reactive ketones (excluding diaryl/α,β-unsaturated/α-hetero) is 1. The van der Waals surface area contributed by atoms with Crippen molar-refractivity contribution in [3.8, 4) is 27.0 Å². The number of ether oxygens (including phenoxy) is 6. The van der Waals surface area contributed by atoms with Crippen molar-refractivity contribution in [3.05, 3.63) is 253 Å². The zero-order valence-electron chi connectivity index (χ0n) is 80.9. The number of nitriles is 5. The van der Waals surface area contributed by atoms with Gasteiger partial charge in [0, 0.05) is 42.9 Å². The van der Waals surface area contributed by atoms with E-state index >= 15 is 0 Å². The van der Waals surface area contributed by atoms with Crippen molar-refractivity contribution in [1.82, 2.24) is 0 Å². The van der Waals surface area contributed by atoms with Gasteiger partial charge in [-0.15, -0.1) is 68.0 Å². The molecule has 0 saturated heterocycles. The van der Waals surface area contributed by atoms with Gasteiger partial charge in [0.25, 0.3) is 23.6 Å². The van der Waals surface area contributed by atoms with E-state index in [9.17, 15) is 62.3 Å². The number of carbonyl (C=O) groups is 13. The molecule has 4 aromatic carbocycles. The number of aryl methyl sites for hydroxylation is 4. The van der Waals surface area contributed by atoms with Gasteiger partial charge in [0.1, 0.15) is 92.8 Å². The summed E-state index contributed by atoms with van der Waals surface area (Å²) in [5, 5.41) is 74.4. The molecule has 44 heteroatoms. The number of anilines is 7. The Balaban J connectivity index is 0.000000235. The molecule has 144 heavy (non-hydrogen) atoms. The number of ketones is 1. The Morgan fingerprint density at radius 3 is 0.938 bits per heavy atom. The van der Waals surface area contributed by atoms with Crippen molar-refractivity contribution in [1.29, 1.82) is 26.3 Å². The van der Waals surface area contributed by atoms with Gasteiger partial charge in [-0.3, -0.25) is 33.6 Å². The van der Waals surface area contributed by atoms with E-state index in [0.717, 1.165) is 138 Å². The van der Waals surface area contributed by atoms with Crippen LogP contribution in [0.5, 0.6) is 0 Å². The summed E-state index contributed by atoms with van der Waals surface area (Å²) in [7, 11) is 3.84. The molecule has 0 aliphatic heterocycles. The molecule has 0 bridgehead atoms. The van der Waals surface area contributed by atoms with Crippen LogP contribution in [0.3, 0.4) is 0 Å². The molecule has 12 aromatic rings. The second-order valence-electron chi connectivity index (χ2n) is 29.4. The molecule has 6 N–H and O–H groups in total. The second kappa shape index (κ2) is 59.1. The minimum absolute atomic E-state index is 0.0855. The number of furan rings is 2. The number of benzene rings is 4. The lowest BCUT2D eigenvalue weighted by atomic mass is 10.1. The molecule has 0 fully saturated rings. The predicted molar refractivity (Wildman–Crippen MR) is 566 cm³/mol. The molecule has 0 radical (unpaired) electrons. The second-order valence-corrected chi connectivity index (χ2v) is 39.6. The average molecular weight is 2160 g/mol. The molecule has 0 aliphatic carbocycles. The molecule has 0 spiro atoms. The van der Waals surface area contributed by atoms with Gasteiger partial charge in [-0.2, -0.15) is 26.3 Å². The molecule has 8 aromatic heterocycles. The minimum Gasteiger partial charge on any atom is -0.462 e. The lowest BCUT2D eigenvalue weighted by molar-refractivity contribution is -0.116. The van der Waals surface area contributed by atoms with Crippen molar-refractivity contribution >= 4 is 240 Å². The van der Waals surface area contributed by atoms with Gasteiger partial charge in [-0.1, -0.05) is 72.8 Å². The van der Waals surface area contributed by atoms with E-state index in [-0.39, 0.29) is 86.4 Å².